The van der Waals surface area contributed by atoms with E-state index in [-0.39, 0.29) is 0 Å². The van der Waals surface area contributed by atoms with E-state index in [1.807, 2.05) is 0 Å². The lowest BCUT2D eigenvalue weighted by Crippen LogP contribution is -2.42. The number of hydrogen-bond acceptors (Lipinski definition) is 4. The predicted octanol–water partition coefficient (Wildman–Crippen LogP) is 2.37. The molecule has 0 radical (unpaired) electrons. The molecule has 0 aromatic rings. The van der Waals surface area contributed by atoms with E-state index < -0.39 is 0 Å². The summed E-state index contributed by atoms with van der Waals surface area (Å²) in [6, 6.07) is 0.385. The Morgan fingerprint density at radius 1 is 1.25 bits per heavy atom. The van der Waals surface area contributed by atoms with Crippen LogP contribution in [0.1, 0.15) is 26.2 Å². The summed E-state index contributed by atoms with van der Waals surface area (Å²) in [6.45, 7) is 4.23. The largest absolute Gasteiger partial charge is 0.381 e. The topological polar surface area (TPSA) is 35.2 Å². The average molecular weight is 261 g/mol. The minimum Gasteiger partial charge on any atom is -0.381 e. The van der Waals surface area contributed by atoms with E-state index in [1.54, 1.807) is 0 Å². The predicted molar refractivity (Wildman–Crippen MR) is 74.3 cm³/mol. The molecule has 0 amide bonds. The van der Waals surface area contributed by atoms with Gasteiger partial charge in [-0.15, -0.1) is 0 Å². The standard InChI is InChI=1S/C12H23NOS2/c1-9-12(16-7-6-15-9)11(13)8-10-2-4-14-5-3-10/h9-12H,2-8,13H2,1H3. The zero-order valence-electron chi connectivity index (χ0n) is 10.1. The van der Waals surface area contributed by atoms with Gasteiger partial charge in [-0.3, -0.25) is 0 Å². The number of nitrogens with two attached hydrogens (primary N) is 1. The Hall–Kier alpha value is 0.620. The lowest BCUT2D eigenvalue weighted by atomic mass is 9.91. The Balaban J connectivity index is 1.78. The molecule has 0 aromatic heterocycles. The highest BCUT2D eigenvalue weighted by Gasteiger charge is 2.30. The lowest BCUT2D eigenvalue weighted by Gasteiger charge is -2.34. The molecule has 0 aliphatic carbocycles. The first-order chi connectivity index (χ1) is 7.77. The number of rotatable bonds is 3. The monoisotopic (exact) mass is 261 g/mol. The van der Waals surface area contributed by atoms with Crippen molar-refractivity contribution in [1.82, 2.24) is 0 Å². The Labute approximate surface area is 107 Å². The van der Waals surface area contributed by atoms with Crippen LogP contribution in [-0.4, -0.2) is 41.3 Å². The van der Waals surface area contributed by atoms with Gasteiger partial charge in [0.25, 0.3) is 0 Å². The summed E-state index contributed by atoms with van der Waals surface area (Å²) in [6.07, 6.45) is 3.63. The summed E-state index contributed by atoms with van der Waals surface area (Å²) in [5.41, 5.74) is 6.39. The van der Waals surface area contributed by atoms with Crippen LogP contribution < -0.4 is 5.73 Å². The quantitative estimate of drug-likeness (QED) is 0.846. The number of hydrogen-bond donors (Lipinski definition) is 1. The second-order valence-corrected chi connectivity index (χ2v) is 7.64. The minimum atomic E-state index is 0.385. The zero-order chi connectivity index (χ0) is 11.4. The van der Waals surface area contributed by atoms with Gasteiger partial charge in [0.1, 0.15) is 0 Å². The van der Waals surface area contributed by atoms with Crippen LogP contribution >= 0.6 is 23.5 Å². The third kappa shape index (κ3) is 3.56. The maximum Gasteiger partial charge on any atom is 0.0468 e. The summed E-state index contributed by atoms with van der Waals surface area (Å²) < 4.78 is 5.40. The van der Waals surface area contributed by atoms with Gasteiger partial charge in [0.05, 0.1) is 0 Å². The van der Waals surface area contributed by atoms with Gasteiger partial charge in [0.15, 0.2) is 0 Å². The van der Waals surface area contributed by atoms with Crippen LogP contribution in [0.5, 0.6) is 0 Å². The molecule has 0 bridgehead atoms. The summed E-state index contributed by atoms with van der Waals surface area (Å²) in [5, 5.41) is 1.40. The summed E-state index contributed by atoms with van der Waals surface area (Å²) in [7, 11) is 0. The highest BCUT2D eigenvalue weighted by atomic mass is 32.2. The van der Waals surface area contributed by atoms with E-state index in [0.29, 0.717) is 11.3 Å². The van der Waals surface area contributed by atoms with Gasteiger partial charge in [0, 0.05) is 41.3 Å². The fourth-order valence-electron chi connectivity index (χ4n) is 2.62. The first-order valence-electron chi connectivity index (χ1n) is 6.34. The molecule has 2 nitrogen and oxygen atoms in total. The van der Waals surface area contributed by atoms with Gasteiger partial charge in [-0.2, -0.15) is 23.5 Å². The fraction of sp³-hybridized carbons (Fsp3) is 1.00. The zero-order valence-corrected chi connectivity index (χ0v) is 11.7. The second kappa shape index (κ2) is 6.53. The fourth-order valence-corrected chi connectivity index (χ4v) is 5.53. The molecule has 3 unspecified atom stereocenters. The van der Waals surface area contributed by atoms with Gasteiger partial charge in [-0.05, 0) is 25.2 Å². The highest BCUT2D eigenvalue weighted by Crippen LogP contribution is 2.34. The van der Waals surface area contributed by atoms with Crippen molar-refractivity contribution in [2.75, 3.05) is 24.7 Å². The van der Waals surface area contributed by atoms with Crippen molar-refractivity contribution < 1.29 is 4.74 Å². The van der Waals surface area contributed by atoms with Crippen LogP contribution in [0.4, 0.5) is 0 Å². The molecule has 3 atom stereocenters. The first kappa shape index (κ1) is 13.1. The van der Waals surface area contributed by atoms with Crippen molar-refractivity contribution in [1.29, 1.82) is 0 Å². The highest BCUT2D eigenvalue weighted by molar-refractivity contribution is 8.07. The molecule has 2 N–H and O–H groups in total. The molecule has 2 saturated heterocycles. The minimum absolute atomic E-state index is 0.385. The van der Waals surface area contributed by atoms with Crippen molar-refractivity contribution in [2.24, 2.45) is 11.7 Å². The van der Waals surface area contributed by atoms with Crippen LogP contribution in [0, 0.1) is 5.92 Å². The Morgan fingerprint density at radius 2 is 1.94 bits per heavy atom. The van der Waals surface area contributed by atoms with Crippen molar-refractivity contribution >= 4 is 23.5 Å². The molecule has 2 fully saturated rings. The molecule has 2 rings (SSSR count). The Bertz CT molecular complexity index is 209. The van der Waals surface area contributed by atoms with Crippen molar-refractivity contribution in [3.05, 3.63) is 0 Å². The molecular weight excluding hydrogens is 238 g/mol. The maximum absolute atomic E-state index is 6.39. The van der Waals surface area contributed by atoms with E-state index in [0.717, 1.165) is 24.4 Å². The first-order valence-corrected chi connectivity index (χ1v) is 8.43. The summed E-state index contributed by atoms with van der Waals surface area (Å²) in [5.74, 6) is 3.39. The summed E-state index contributed by atoms with van der Waals surface area (Å²) >= 11 is 4.18. The van der Waals surface area contributed by atoms with E-state index in [2.05, 4.69) is 30.4 Å². The maximum atomic E-state index is 6.39. The van der Waals surface area contributed by atoms with Gasteiger partial charge < -0.3 is 10.5 Å². The molecule has 2 aliphatic rings. The Morgan fingerprint density at radius 3 is 2.62 bits per heavy atom. The molecule has 4 heteroatoms. The molecule has 0 spiro atoms. The molecule has 2 heterocycles. The third-order valence-electron chi connectivity index (χ3n) is 3.61. The van der Waals surface area contributed by atoms with E-state index in [9.17, 15) is 0 Å². The average Bonchev–Trinajstić information content (AvgIpc) is 2.31. The van der Waals surface area contributed by atoms with Crippen LogP contribution in [-0.2, 0) is 4.74 Å². The van der Waals surface area contributed by atoms with Gasteiger partial charge >= 0.3 is 0 Å². The van der Waals surface area contributed by atoms with Crippen molar-refractivity contribution in [2.45, 2.75) is 42.7 Å². The van der Waals surface area contributed by atoms with Crippen LogP contribution in [0.3, 0.4) is 0 Å². The molecule has 16 heavy (non-hydrogen) atoms. The number of ether oxygens (including phenoxy) is 1. The number of thioether (sulfide) groups is 2. The second-order valence-electron chi connectivity index (χ2n) is 4.87. The van der Waals surface area contributed by atoms with Gasteiger partial charge in [-0.25, -0.2) is 0 Å². The molecular formula is C12H23NOS2. The van der Waals surface area contributed by atoms with E-state index in [1.165, 1.54) is 30.8 Å². The van der Waals surface area contributed by atoms with E-state index >= 15 is 0 Å². The van der Waals surface area contributed by atoms with Crippen molar-refractivity contribution in [3.63, 3.8) is 0 Å². The van der Waals surface area contributed by atoms with Gasteiger partial charge in [0.2, 0.25) is 0 Å². The smallest absolute Gasteiger partial charge is 0.0468 e. The van der Waals surface area contributed by atoms with E-state index in [4.69, 9.17) is 10.5 Å². The van der Waals surface area contributed by atoms with Crippen LogP contribution in [0.15, 0.2) is 0 Å². The Kier molecular flexibility index (Phi) is 5.33. The lowest BCUT2D eigenvalue weighted by molar-refractivity contribution is 0.0618. The van der Waals surface area contributed by atoms with Crippen molar-refractivity contribution in [3.8, 4) is 0 Å². The van der Waals surface area contributed by atoms with Crippen LogP contribution in [0.2, 0.25) is 0 Å². The molecule has 94 valence electrons. The molecule has 2 aliphatic heterocycles. The normalized spacial score (nSPS) is 34.9. The van der Waals surface area contributed by atoms with Gasteiger partial charge in [-0.1, -0.05) is 6.92 Å². The molecule has 0 saturated carbocycles. The third-order valence-corrected chi connectivity index (χ3v) is 6.88. The summed E-state index contributed by atoms with van der Waals surface area (Å²) in [4.78, 5) is 0. The van der Waals surface area contributed by atoms with Crippen LogP contribution in [0.25, 0.3) is 0 Å². The molecule has 0 aromatic carbocycles. The SMILES string of the molecule is CC1SCCSC1C(N)CC1CCOCC1.